The first-order chi connectivity index (χ1) is 16.6. The minimum absolute atomic E-state index is 0.214. The van der Waals surface area contributed by atoms with Crippen molar-refractivity contribution in [2.24, 2.45) is 0 Å². The number of aryl methyl sites for hydroxylation is 1. The number of nitrogens with zero attached hydrogens (tertiary/aromatic N) is 3. The molecule has 0 radical (unpaired) electrons. The maximum Gasteiger partial charge on any atom is 0.289 e. The highest BCUT2D eigenvalue weighted by Gasteiger charge is 2.22. The fraction of sp³-hybridized carbons (Fsp3) is 0.385. The number of piperazine rings is 1. The Bertz CT molecular complexity index is 1100. The summed E-state index contributed by atoms with van der Waals surface area (Å²) >= 11 is 12.5. The molecular formula is C26H30Cl2N4O2. The summed E-state index contributed by atoms with van der Waals surface area (Å²) in [6.45, 7) is 7.23. The summed E-state index contributed by atoms with van der Waals surface area (Å²) in [5.41, 5.74) is 2.48. The van der Waals surface area contributed by atoms with E-state index in [1.807, 2.05) is 48.5 Å². The molecule has 1 N–H and O–H groups in total. The lowest BCUT2D eigenvalue weighted by atomic mass is 10.1. The Kier molecular flexibility index (Phi) is 8.48. The SMILES string of the molecule is CCCc1nc(-c2ccccc2)c(C(=O)NCCCN2CCN(c3cccc(Cl)c3Cl)CC2)o1. The third-order valence-electron chi connectivity index (χ3n) is 5.97. The summed E-state index contributed by atoms with van der Waals surface area (Å²) in [6.07, 6.45) is 2.48. The second-order valence-corrected chi connectivity index (χ2v) is 9.20. The molecule has 1 amide bonds. The number of hydrogen-bond acceptors (Lipinski definition) is 5. The molecule has 0 unspecified atom stereocenters. The van der Waals surface area contributed by atoms with Gasteiger partial charge in [0.25, 0.3) is 5.91 Å². The highest BCUT2D eigenvalue weighted by atomic mass is 35.5. The monoisotopic (exact) mass is 500 g/mol. The Morgan fingerprint density at radius 3 is 2.56 bits per heavy atom. The third kappa shape index (κ3) is 5.93. The number of halogens is 2. The zero-order valence-electron chi connectivity index (χ0n) is 19.4. The Labute approximate surface area is 210 Å². The Morgan fingerprint density at radius 1 is 1.06 bits per heavy atom. The lowest BCUT2D eigenvalue weighted by Crippen LogP contribution is -2.47. The van der Waals surface area contributed by atoms with E-state index in [2.05, 4.69) is 27.0 Å². The van der Waals surface area contributed by atoms with Crippen LogP contribution < -0.4 is 10.2 Å². The molecule has 1 fully saturated rings. The fourth-order valence-corrected chi connectivity index (χ4v) is 4.58. The van der Waals surface area contributed by atoms with E-state index < -0.39 is 0 Å². The van der Waals surface area contributed by atoms with Crippen molar-refractivity contribution in [3.8, 4) is 11.3 Å². The van der Waals surface area contributed by atoms with Gasteiger partial charge in [-0.05, 0) is 31.5 Å². The molecule has 0 bridgehead atoms. The molecule has 1 aliphatic rings. The number of anilines is 1. The average Bonchev–Trinajstić information content (AvgIpc) is 3.29. The summed E-state index contributed by atoms with van der Waals surface area (Å²) in [5, 5.41) is 4.21. The van der Waals surface area contributed by atoms with Crippen molar-refractivity contribution >= 4 is 34.8 Å². The van der Waals surface area contributed by atoms with Gasteiger partial charge in [-0.3, -0.25) is 9.69 Å². The van der Waals surface area contributed by atoms with Crippen LogP contribution in [0, 0.1) is 0 Å². The summed E-state index contributed by atoms with van der Waals surface area (Å²) in [4.78, 5) is 22.1. The molecule has 1 saturated heterocycles. The van der Waals surface area contributed by atoms with Crippen LogP contribution in [0.15, 0.2) is 52.9 Å². The average molecular weight is 501 g/mol. The summed E-state index contributed by atoms with van der Waals surface area (Å²) < 4.78 is 5.83. The topological polar surface area (TPSA) is 61.6 Å². The van der Waals surface area contributed by atoms with Crippen molar-refractivity contribution < 1.29 is 9.21 Å². The summed E-state index contributed by atoms with van der Waals surface area (Å²) in [5.74, 6) is 0.681. The highest BCUT2D eigenvalue weighted by molar-refractivity contribution is 6.43. The second kappa shape index (κ2) is 11.7. The van der Waals surface area contributed by atoms with E-state index >= 15 is 0 Å². The van der Waals surface area contributed by atoms with Gasteiger partial charge >= 0.3 is 0 Å². The fourth-order valence-electron chi connectivity index (χ4n) is 4.16. The van der Waals surface area contributed by atoms with Crippen molar-refractivity contribution in [2.75, 3.05) is 44.2 Å². The molecule has 1 aromatic heterocycles. The number of nitrogens with one attached hydrogen (secondary N) is 1. The number of aromatic nitrogens is 1. The molecule has 1 aliphatic heterocycles. The van der Waals surface area contributed by atoms with Crippen LogP contribution in [0.5, 0.6) is 0 Å². The van der Waals surface area contributed by atoms with Crippen molar-refractivity contribution in [1.29, 1.82) is 0 Å². The number of carbonyl (C=O) groups is 1. The van der Waals surface area contributed by atoms with Crippen LogP contribution in [-0.2, 0) is 6.42 Å². The van der Waals surface area contributed by atoms with Crippen LogP contribution in [0.4, 0.5) is 5.69 Å². The number of benzene rings is 2. The molecule has 0 saturated carbocycles. The standard InChI is InChI=1S/C26H30Cl2N4O2/c1-2-8-22-30-24(19-9-4-3-5-10-19)25(34-22)26(33)29-13-7-14-31-15-17-32(18-16-31)21-12-6-11-20(27)23(21)28/h3-6,9-12H,2,7-8,13-18H2,1H3,(H,29,33). The first-order valence-corrected chi connectivity index (χ1v) is 12.6. The molecule has 0 aliphatic carbocycles. The predicted molar refractivity (Wildman–Crippen MR) is 138 cm³/mol. The highest BCUT2D eigenvalue weighted by Crippen LogP contribution is 2.33. The van der Waals surface area contributed by atoms with E-state index in [-0.39, 0.29) is 5.91 Å². The van der Waals surface area contributed by atoms with E-state index in [0.29, 0.717) is 40.4 Å². The molecule has 34 heavy (non-hydrogen) atoms. The van der Waals surface area contributed by atoms with Crippen molar-refractivity contribution in [3.05, 3.63) is 70.2 Å². The van der Waals surface area contributed by atoms with E-state index in [4.69, 9.17) is 27.6 Å². The van der Waals surface area contributed by atoms with Gasteiger partial charge in [0.15, 0.2) is 5.89 Å². The molecular weight excluding hydrogens is 471 g/mol. The van der Waals surface area contributed by atoms with Crippen LogP contribution in [-0.4, -0.2) is 55.1 Å². The second-order valence-electron chi connectivity index (χ2n) is 8.41. The van der Waals surface area contributed by atoms with Crippen molar-refractivity contribution in [2.45, 2.75) is 26.2 Å². The quantitative estimate of drug-likeness (QED) is 0.390. The summed E-state index contributed by atoms with van der Waals surface area (Å²) in [7, 11) is 0. The smallest absolute Gasteiger partial charge is 0.289 e. The van der Waals surface area contributed by atoms with Gasteiger partial charge in [-0.15, -0.1) is 0 Å². The molecule has 0 atom stereocenters. The van der Waals surface area contributed by atoms with Crippen molar-refractivity contribution in [1.82, 2.24) is 15.2 Å². The molecule has 0 spiro atoms. The van der Waals surface area contributed by atoms with Gasteiger partial charge < -0.3 is 14.6 Å². The molecule has 6 nitrogen and oxygen atoms in total. The van der Waals surface area contributed by atoms with Crippen LogP contribution in [0.1, 0.15) is 36.2 Å². The zero-order valence-corrected chi connectivity index (χ0v) is 20.9. The van der Waals surface area contributed by atoms with Gasteiger partial charge in [-0.25, -0.2) is 4.98 Å². The first-order valence-electron chi connectivity index (χ1n) is 11.8. The third-order valence-corrected chi connectivity index (χ3v) is 6.78. The molecule has 4 rings (SSSR count). The predicted octanol–water partition coefficient (Wildman–Crippen LogP) is 5.54. The molecule has 2 aromatic carbocycles. The van der Waals surface area contributed by atoms with Gasteiger partial charge in [0.2, 0.25) is 5.76 Å². The number of carbonyl (C=O) groups excluding carboxylic acids is 1. The zero-order chi connectivity index (χ0) is 23.9. The van der Waals surface area contributed by atoms with Crippen LogP contribution in [0.2, 0.25) is 10.0 Å². The Hall–Kier alpha value is -2.54. The maximum absolute atomic E-state index is 12.9. The van der Waals surface area contributed by atoms with Crippen LogP contribution in [0.3, 0.4) is 0 Å². The number of hydrogen-bond donors (Lipinski definition) is 1. The van der Waals surface area contributed by atoms with E-state index in [1.165, 1.54) is 0 Å². The number of oxazole rings is 1. The minimum atomic E-state index is -0.214. The maximum atomic E-state index is 12.9. The van der Waals surface area contributed by atoms with E-state index in [9.17, 15) is 4.79 Å². The number of amides is 1. The molecule has 180 valence electrons. The van der Waals surface area contributed by atoms with Gasteiger partial charge in [-0.1, -0.05) is 66.5 Å². The normalized spacial score (nSPS) is 14.4. The Morgan fingerprint density at radius 2 is 1.82 bits per heavy atom. The molecule has 3 aromatic rings. The van der Waals surface area contributed by atoms with Gasteiger partial charge in [-0.2, -0.15) is 0 Å². The minimum Gasteiger partial charge on any atom is -0.435 e. The van der Waals surface area contributed by atoms with E-state index in [0.717, 1.165) is 56.8 Å². The molecule has 2 heterocycles. The van der Waals surface area contributed by atoms with E-state index in [1.54, 1.807) is 0 Å². The lowest BCUT2D eigenvalue weighted by molar-refractivity contribution is 0.0922. The Balaban J connectivity index is 1.26. The number of rotatable bonds is 9. The lowest BCUT2D eigenvalue weighted by Gasteiger charge is -2.36. The van der Waals surface area contributed by atoms with Gasteiger partial charge in [0, 0.05) is 44.7 Å². The van der Waals surface area contributed by atoms with Gasteiger partial charge in [0.1, 0.15) is 5.69 Å². The summed E-state index contributed by atoms with van der Waals surface area (Å²) in [6, 6.07) is 15.5. The van der Waals surface area contributed by atoms with Crippen molar-refractivity contribution in [3.63, 3.8) is 0 Å². The van der Waals surface area contributed by atoms with Gasteiger partial charge in [0.05, 0.1) is 15.7 Å². The van der Waals surface area contributed by atoms with Crippen LogP contribution >= 0.6 is 23.2 Å². The first kappa shape index (κ1) is 24.6. The molecule has 8 heteroatoms. The largest absolute Gasteiger partial charge is 0.435 e. The van der Waals surface area contributed by atoms with Crippen LogP contribution in [0.25, 0.3) is 11.3 Å².